The molecule has 78 valence electrons. The van der Waals surface area contributed by atoms with E-state index in [9.17, 15) is 4.79 Å². The first-order valence-electron chi connectivity index (χ1n) is 5.47. The molecule has 1 N–H and O–H groups in total. The number of anilines is 1. The van der Waals surface area contributed by atoms with Crippen LogP contribution in [0, 0.1) is 0 Å². The zero-order valence-electron chi connectivity index (χ0n) is 8.57. The number of carbonyl (C=O) groups is 1. The number of hydrogen-bond donors (Lipinski definition) is 1. The smallest absolute Gasteiger partial charge is 0.231 e. The fourth-order valence-corrected chi connectivity index (χ4v) is 2.54. The second-order valence-electron chi connectivity index (χ2n) is 4.22. The van der Waals surface area contributed by atoms with Crippen molar-refractivity contribution in [3.8, 4) is 0 Å². The molecule has 0 radical (unpaired) electrons. The van der Waals surface area contributed by atoms with E-state index in [0.717, 1.165) is 25.2 Å². The van der Waals surface area contributed by atoms with Crippen molar-refractivity contribution >= 4 is 11.6 Å². The van der Waals surface area contributed by atoms with Crippen LogP contribution in [-0.2, 0) is 11.2 Å². The summed E-state index contributed by atoms with van der Waals surface area (Å²) >= 11 is 0. The van der Waals surface area contributed by atoms with Crippen molar-refractivity contribution in [3.05, 3.63) is 29.8 Å². The van der Waals surface area contributed by atoms with Crippen LogP contribution in [0.4, 0.5) is 5.69 Å². The Labute approximate surface area is 89.1 Å². The Balaban J connectivity index is 1.98. The minimum atomic E-state index is 0.255. The minimum Gasteiger partial charge on any atom is -0.315 e. The summed E-state index contributed by atoms with van der Waals surface area (Å²) in [6.07, 6.45) is 1.65. The average Bonchev–Trinajstić information content (AvgIpc) is 2.82. The average molecular weight is 202 g/mol. The monoisotopic (exact) mass is 202 g/mol. The number of para-hydroxylation sites is 1. The number of benzene rings is 1. The molecule has 2 heterocycles. The summed E-state index contributed by atoms with van der Waals surface area (Å²) in [5, 5.41) is 3.31. The van der Waals surface area contributed by atoms with E-state index in [-0.39, 0.29) is 5.91 Å². The maximum Gasteiger partial charge on any atom is 0.231 e. The maximum atomic E-state index is 11.9. The van der Waals surface area contributed by atoms with Crippen molar-refractivity contribution in [2.45, 2.75) is 18.9 Å². The Bertz CT molecular complexity index is 396. The van der Waals surface area contributed by atoms with Crippen LogP contribution in [0.25, 0.3) is 0 Å². The van der Waals surface area contributed by atoms with Crippen molar-refractivity contribution in [1.29, 1.82) is 0 Å². The van der Waals surface area contributed by atoms with Crippen LogP contribution in [0.15, 0.2) is 24.3 Å². The van der Waals surface area contributed by atoms with Gasteiger partial charge < -0.3 is 10.2 Å². The predicted octanol–water partition coefficient (Wildman–Crippen LogP) is 0.938. The third kappa shape index (κ3) is 1.35. The van der Waals surface area contributed by atoms with Crippen molar-refractivity contribution in [3.63, 3.8) is 0 Å². The molecular formula is C12H14N2O. The fraction of sp³-hybridized carbons (Fsp3) is 0.417. The first kappa shape index (κ1) is 8.92. The van der Waals surface area contributed by atoms with Crippen LogP contribution >= 0.6 is 0 Å². The quantitative estimate of drug-likeness (QED) is 0.735. The summed E-state index contributed by atoms with van der Waals surface area (Å²) in [5.74, 6) is 0.255. The Morgan fingerprint density at radius 1 is 1.33 bits per heavy atom. The molecule has 0 aromatic heterocycles. The zero-order valence-corrected chi connectivity index (χ0v) is 8.57. The molecule has 3 heteroatoms. The molecule has 1 atom stereocenters. The summed E-state index contributed by atoms with van der Waals surface area (Å²) in [7, 11) is 0. The molecule has 2 aliphatic heterocycles. The number of nitrogens with zero attached hydrogens (tertiary/aromatic N) is 1. The Hall–Kier alpha value is -1.35. The van der Waals surface area contributed by atoms with Gasteiger partial charge in [-0.05, 0) is 24.6 Å². The highest BCUT2D eigenvalue weighted by atomic mass is 16.2. The zero-order chi connectivity index (χ0) is 10.3. The summed E-state index contributed by atoms with van der Waals surface area (Å²) in [4.78, 5) is 13.9. The van der Waals surface area contributed by atoms with Crippen molar-refractivity contribution < 1.29 is 4.79 Å². The van der Waals surface area contributed by atoms with Gasteiger partial charge in [-0.2, -0.15) is 0 Å². The third-order valence-corrected chi connectivity index (χ3v) is 3.26. The van der Waals surface area contributed by atoms with Crippen LogP contribution < -0.4 is 10.2 Å². The second kappa shape index (κ2) is 3.35. The standard InChI is InChI=1S/C12H14N2O/c15-12-7-9-3-1-2-4-11(9)14(12)10-5-6-13-8-10/h1-4,10,13H,5-8H2/t10-/m0/s1. The van der Waals surface area contributed by atoms with Gasteiger partial charge >= 0.3 is 0 Å². The van der Waals surface area contributed by atoms with Gasteiger partial charge in [0.15, 0.2) is 0 Å². The van der Waals surface area contributed by atoms with Crippen molar-refractivity contribution in [2.75, 3.05) is 18.0 Å². The first-order valence-corrected chi connectivity index (χ1v) is 5.47. The van der Waals surface area contributed by atoms with Crippen LogP contribution in [0.3, 0.4) is 0 Å². The number of fused-ring (bicyclic) bond motifs is 1. The Morgan fingerprint density at radius 2 is 2.20 bits per heavy atom. The lowest BCUT2D eigenvalue weighted by Gasteiger charge is -2.24. The largest absolute Gasteiger partial charge is 0.315 e. The topological polar surface area (TPSA) is 32.3 Å². The lowest BCUT2D eigenvalue weighted by molar-refractivity contribution is -0.117. The van der Waals surface area contributed by atoms with E-state index >= 15 is 0 Å². The van der Waals surface area contributed by atoms with Gasteiger partial charge in [0.05, 0.1) is 12.5 Å². The lowest BCUT2D eigenvalue weighted by atomic mass is 10.1. The highest BCUT2D eigenvalue weighted by Crippen LogP contribution is 2.31. The molecule has 3 nitrogen and oxygen atoms in total. The van der Waals surface area contributed by atoms with E-state index in [1.165, 1.54) is 5.56 Å². The normalized spacial score (nSPS) is 24.7. The van der Waals surface area contributed by atoms with Gasteiger partial charge in [-0.3, -0.25) is 4.79 Å². The van der Waals surface area contributed by atoms with Crippen LogP contribution in [0.1, 0.15) is 12.0 Å². The molecule has 1 aromatic carbocycles. The molecule has 0 spiro atoms. The van der Waals surface area contributed by atoms with Gasteiger partial charge in [-0.15, -0.1) is 0 Å². The minimum absolute atomic E-state index is 0.255. The van der Waals surface area contributed by atoms with E-state index in [0.29, 0.717) is 12.5 Å². The molecule has 1 fully saturated rings. The fourth-order valence-electron chi connectivity index (χ4n) is 2.54. The molecule has 1 saturated heterocycles. The number of rotatable bonds is 1. The third-order valence-electron chi connectivity index (χ3n) is 3.26. The number of hydrogen-bond acceptors (Lipinski definition) is 2. The van der Waals surface area contributed by atoms with Crippen molar-refractivity contribution in [1.82, 2.24) is 5.32 Å². The Kier molecular flexibility index (Phi) is 1.99. The molecule has 0 bridgehead atoms. The molecule has 3 rings (SSSR count). The molecule has 0 saturated carbocycles. The number of carbonyl (C=O) groups excluding carboxylic acids is 1. The molecule has 15 heavy (non-hydrogen) atoms. The van der Waals surface area contributed by atoms with E-state index in [2.05, 4.69) is 17.4 Å². The van der Waals surface area contributed by atoms with E-state index in [4.69, 9.17) is 0 Å². The molecule has 1 amide bonds. The second-order valence-corrected chi connectivity index (χ2v) is 4.22. The molecule has 2 aliphatic rings. The summed E-state index contributed by atoms with van der Waals surface area (Å²) in [6, 6.07) is 8.48. The van der Waals surface area contributed by atoms with E-state index < -0.39 is 0 Å². The molecule has 0 unspecified atom stereocenters. The molecule has 1 aromatic rings. The van der Waals surface area contributed by atoms with E-state index in [1.807, 2.05) is 17.0 Å². The number of nitrogens with one attached hydrogen (secondary N) is 1. The first-order chi connectivity index (χ1) is 7.36. The van der Waals surface area contributed by atoms with Gasteiger partial charge in [0.2, 0.25) is 5.91 Å². The number of amides is 1. The van der Waals surface area contributed by atoms with Gasteiger partial charge in [-0.1, -0.05) is 18.2 Å². The van der Waals surface area contributed by atoms with Crippen LogP contribution in [0.5, 0.6) is 0 Å². The van der Waals surface area contributed by atoms with Gasteiger partial charge in [0.1, 0.15) is 0 Å². The highest BCUT2D eigenvalue weighted by molar-refractivity contribution is 6.01. The maximum absolute atomic E-state index is 11.9. The van der Waals surface area contributed by atoms with Gasteiger partial charge in [-0.25, -0.2) is 0 Å². The van der Waals surface area contributed by atoms with Crippen molar-refractivity contribution in [2.24, 2.45) is 0 Å². The summed E-state index contributed by atoms with van der Waals surface area (Å²) < 4.78 is 0. The lowest BCUT2D eigenvalue weighted by Crippen LogP contribution is -2.39. The van der Waals surface area contributed by atoms with Gasteiger partial charge in [0.25, 0.3) is 0 Å². The summed E-state index contributed by atoms with van der Waals surface area (Å²) in [6.45, 7) is 1.96. The van der Waals surface area contributed by atoms with Crippen LogP contribution in [0.2, 0.25) is 0 Å². The van der Waals surface area contributed by atoms with Crippen LogP contribution in [-0.4, -0.2) is 25.0 Å². The van der Waals surface area contributed by atoms with Gasteiger partial charge in [0, 0.05) is 12.2 Å². The molecular weight excluding hydrogens is 188 g/mol. The SMILES string of the molecule is O=C1Cc2ccccc2N1[C@H]1CCNC1. The Morgan fingerprint density at radius 3 is 3.00 bits per heavy atom. The summed E-state index contributed by atoms with van der Waals surface area (Å²) in [5.41, 5.74) is 2.30. The van der Waals surface area contributed by atoms with E-state index in [1.54, 1.807) is 0 Å². The predicted molar refractivity (Wildman–Crippen MR) is 58.9 cm³/mol. The highest BCUT2D eigenvalue weighted by Gasteiger charge is 2.33. The molecule has 0 aliphatic carbocycles.